The van der Waals surface area contributed by atoms with E-state index in [1.807, 2.05) is 30.3 Å². The van der Waals surface area contributed by atoms with Gasteiger partial charge in [-0.25, -0.2) is 18.9 Å². The number of hydrogen-bond acceptors (Lipinski definition) is 5. The topological polar surface area (TPSA) is 76.2 Å². The zero-order chi connectivity index (χ0) is 26.7. The molecule has 37 heavy (non-hydrogen) atoms. The molecular weight excluding hydrogens is 543 g/mol. The Kier molecular flexibility index (Phi) is 8.21. The van der Waals surface area contributed by atoms with Crippen LogP contribution in [0.25, 0.3) is 0 Å². The molecule has 1 unspecified atom stereocenters. The van der Waals surface area contributed by atoms with Crippen molar-refractivity contribution in [1.29, 1.82) is 0 Å². The van der Waals surface area contributed by atoms with E-state index >= 15 is 0 Å². The molecule has 0 radical (unpaired) electrons. The summed E-state index contributed by atoms with van der Waals surface area (Å²) in [4.78, 5) is 42.3. The van der Waals surface area contributed by atoms with E-state index in [0.29, 0.717) is 36.0 Å². The first-order valence-electron chi connectivity index (χ1n) is 12.5. The fourth-order valence-corrected chi connectivity index (χ4v) is 5.50. The first kappa shape index (κ1) is 27.1. The van der Waals surface area contributed by atoms with Gasteiger partial charge in [0.2, 0.25) is 5.91 Å². The Bertz CT molecular complexity index is 1130. The first-order chi connectivity index (χ1) is 17.5. The summed E-state index contributed by atoms with van der Waals surface area (Å²) in [7, 11) is 0. The highest BCUT2D eigenvalue weighted by Gasteiger charge is 2.45. The second-order valence-electron chi connectivity index (χ2n) is 10.7. The van der Waals surface area contributed by atoms with Crippen LogP contribution in [0.15, 0.2) is 53.0 Å². The minimum Gasteiger partial charge on any atom is -0.447 e. The largest absolute Gasteiger partial charge is 0.447 e. The molecule has 9 heteroatoms. The van der Waals surface area contributed by atoms with E-state index < -0.39 is 35.6 Å². The van der Waals surface area contributed by atoms with Crippen molar-refractivity contribution in [3.05, 3.63) is 69.9 Å². The summed E-state index contributed by atoms with van der Waals surface area (Å²) in [5.41, 5.74) is 0.988. The van der Waals surface area contributed by atoms with Gasteiger partial charge in [-0.2, -0.15) is 0 Å². The van der Waals surface area contributed by atoms with Gasteiger partial charge in [-0.05, 0) is 75.3 Å². The smallest absolute Gasteiger partial charge is 0.416 e. The number of carbonyl (C=O) groups excluding carboxylic acids is 3. The average molecular weight is 575 g/mol. The zero-order valence-electron chi connectivity index (χ0n) is 21.3. The number of carbonyl (C=O) groups is 3. The predicted molar refractivity (Wildman–Crippen MR) is 139 cm³/mol. The standard InChI is InChI=1S/C28H32BrFN2O5/c1-28(2,3)37-26(34)31-10-9-20(16-31)24(14-19-11-21(29)15-22(30)12-19)25(33)32-23(17-36-27(32)35)13-18-7-5-4-6-8-18/h4-8,11-12,15,20,23-24H,9-10,13-14,16-17H2,1-3H3/t20-,23-,24?/m0/s1. The molecule has 0 aromatic heterocycles. The van der Waals surface area contributed by atoms with Gasteiger partial charge in [0, 0.05) is 23.5 Å². The van der Waals surface area contributed by atoms with Gasteiger partial charge in [-0.3, -0.25) is 4.79 Å². The number of ether oxygens (including phenoxy) is 2. The van der Waals surface area contributed by atoms with E-state index in [1.165, 1.54) is 17.0 Å². The highest BCUT2D eigenvalue weighted by molar-refractivity contribution is 9.10. The number of amides is 3. The van der Waals surface area contributed by atoms with Gasteiger partial charge in [-0.1, -0.05) is 46.3 Å². The highest BCUT2D eigenvalue weighted by Crippen LogP contribution is 2.33. The van der Waals surface area contributed by atoms with Crippen LogP contribution in [0.3, 0.4) is 0 Å². The molecule has 2 fully saturated rings. The van der Waals surface area contributed by atoms with Crippen LogP contribution in [0.4, 0.5) is 14.0 Å². The molecule has 4 rings (SSSR count). The van der Waals surface area contributed by atoms with Crippen LogP contribution in [0, 0.1) is 17.7 Å². The van der Waals surface area contributed by atoms with Crippen LogP contribution in [-0.4, -0.2) is 59.2 Å². The lowest BCUT2D eigenvalue weighted by molar-refractivity contribution is -0.135. The molecule has 7 nitrogen and oxygen atoms in total. The van der Waals surface area contributed by atoms with Crippen LogP contribution < -0.4 is 0 Å². The summed E-state index contributed by atoms with van der Waals surface area (Å²) >= 11 is 3.32. The fourth-order valence-electron chi connectivity index (χ4n) is 4.99. The van der Waals surface area contributed by atoms with Crippen LogP contribution in [0.2, 0.25) is 0 Å². The highest BCUT2D eigenvalue weighted by atomic mass is 79.9. The zero-order valence-corrected chi connectivity index (χ0v) is 22.9. The molecule has 3 amide bonds. The summed E-state index contributed by atoms with van der Waals surface area (Å²) < 4.78 is 25.6. The van der Waals surface area contributed by atoms with Crippen molar-refractivity contribution < 1.29 is 28.2 Å². The third kappa shape index (κ3) is 6.89. The van der Waals surface area contributed by atoms with Gasteiger partial charge < -0.3 is 14.4 Å². The molecule has 2 aliphatic rings. The van der Waals surface area contributed by atoms with E-state index in [-0.39, 0.29) is 24.9 Å². The molecule has 2 aromatic rings. The molecule has 0 bridgehead atoms. The number of halogens is 2. The van der Waals surface area contributed by atoms with Gasteiger partial charge in [0.15, 0.2) is 0 Å². The van der Waals surface area contributed by atoms with Gasteiger partial charge in [0.05, 0.1) is 6.04 Å². The third-order valence-electron chi connectivity index (χ3n) is 6.65. The number of nitrogens with zero attached hydrogens (tertiary/aromatic N) is 2. The molecule has 2 saturated heterocycles. The number of cyclic esters (lactones) is 1. The molecule has 3 atom stereocenters. The second-order valence-corrected chi connectivity index (χ2v) is 11.6. The SMILES string of the molecule is CC(C)(C)OC(=O)N1CC[C@H](C(Cc2cc(F)cc(Br)c2)C(=O)N2C(=O)OC[C@@H]2Cc2ccccc2)C1. The quantitative estimate of drug-likeness (QED) is 0.449. The van der Waals surface area contributed by atoms with Crippen LogP contribution in [-0.2, 0) is 27.1 Å². The molecule has 2 heterocycles. The number of imide groups is 1. The Morgan fingerprint density at radius 3 is 2.57 bits per heavy atom. The van der Waals surface area contributed by atoms with E-state index in [0.717, 1.165) is 5.56 Å². The molecule has 0 aliphatic carbocycles. The predicted octanol–water partition coefficient (Wildman–Crippen LogP) is 5.59. The van der Waals surface area contributed by atoms with Crippen molar-refractivity contribution >= 4 is 34.0 Å². The molecule has 0 N–H and O–H groups in total. The number of benzene rings is 2. The van der Waals surface area contributed by atoms with E-state index in [9.17, 15) is 18.8 Å². The Morgan fingerprint density at radius 2 is 1.89 bits per heavy atom. The minimum absolute atomic E-state index is 0.117. The van der Waals surface area contributed by atoms with Crippen molar-refractivity contribution in [2.24, 2.45) is 11.8 Å². The fraction of sp³-hybridized carbons (Fsp3) is 0.464. The van der Waals surface area contributed by atoms with Gasteiger partial charge in [0.1, 0.15) is 18.0 Å². The summed E-state index contributed by atoms with van der Waals surface area (Å²) in [6.07, 6.45) is 0.170. The minimum atomic E-state index is -0.668. The number of likely N-dealkylation sites (tertiary alicyclic amines) is 1. The third-order valence-corrected chi connectivity index (χ3v) is 7.11. The molecule has 198 valence electrons. The second kappa shape index (κ2) is 11.2. The molecule has 2 aliphatic heterocycles. The Balaban J connectivity index is 1.59. The average Bonchev–Trinajstić information content (AvgIpc) is 3.43. The number of hydrogen-bond donors (Lipinski definition) is 0. The summed E-state index contributed by atoms with van der Waals surface area (Å²) in [6, 6.07) is 13.7. The van der Waals surface area contributed by atoms with Gasteiger partial charge >= 0.3 is 12.2 Å². The van der Waals surface area contributed by atoms with Crippen LogP contribution in [0.5, 0.6) is 0 Å². The lowest BCUT2D eigenvalue weighted by atomic mass is 9.84. The van der Waals surface area contributed by atoms with E-state index in [4.69, 9.17) is 9.47 Å². The number of rotatable bonds is 6. The summed E-state index contributed by atoms with van der Waals surface area (Å²) in [5.74, 6) is -1.65. The maximum atomic E-state index is 14.2. The van der Waals surface area contributed by atoms with Gasteiger partial charge in [-0.15, -0.1) is 0 Å². The Morgan fingerprint density at radius 1 is 1.16 bits per heavy atom. The molecular formula is C28H32BrFN2O5. The summed E-state index contributed by atoms with van der Waals surface area (Å²) in [6.45, 7) is 6.28. The van der Waals surface area contributed by atoms with E-state index in [1.54, 1.807) is 31.7 Å². The van der Waals surface area contributed by atoms with Crippen molar-refractivity contribution in [2.75, 3.05) is 19.7 Å². The lowest BCUT2D eigenvalue weighted by Crippen LogP contribution is -2.46. The summed E-state index contributed by atoms with van der Waals surface area (Å²) in [5, 5.41) is 0. The van der Waals surface area contributed by atoms with Crippen molar-refractivity contribution in [1.82, 2.24) is 9.80 Å². The normalized spacial score (nSPS) is 20.6. The first-order valence-corrected chi connectivity index (χ1v) is 13.3. The lowest BCUT2D eigenvalue weighted by Gasteiger charge is -2.29. The Hall–Kier alpha value is -2.94. The van der Waals surface area contributed by atoms with Crippen LogP contribution in [0.1, 0.15) is 38.3 Å². The maximum Gasteiger partial charge on any atom is 0.416 e. The molecule has 0 spiro atoms. The monoisotopic (exact) mass is 574 g/mol. The van der Waals surface area contributed by atoms with Crippen molar-refractivity contribution in [2.45, 2.75) is 51.7 Å². The van der Waals surface area contributed by atoms with Crippen molar-refractivity contribution in [3.8, 4) is 0 Å². The Labute approximate surface area is 225 Å². The molecule has 0 saturated carbocycles. The maximum absolute atomic E-state index is 14.2. The van der Waals surface area contributed by atoms with Gasteiger partial charge in [0.25, 0.3) is 0 Å². The van der Waals surface area contributed by atoms with Crippen LogP contribution >= 0.6 is 15.9 Å². The van der Waals surface area contributed by atoms with E-state index in [2.05, 4.69) is 15.9 Å². The molecule has 2 aromatic carbocycles. The van der Waals surface area contributed by atoms with Crippen molar-refractivity contribution in [3.63, 3.8) is 0 Å².